The van der Waals surface area contributed by atoms with Crippen LogP contribution in [-0.2, 0) is 4.79 Å². The first-order chi connectivity index (χ1) is 15.6. The van der Waals surface area contributed by atoms with Crippen molar-refractivity contribution in [3.63, 3.8) is 0 Å². The number of nitrogens with zero attached hydrogens (tertiary/aromatic N) is 4. The van der Waals surface area contributed by atoms with Gasteiger partial charge in [0.05, 0.1) is 6.54 Å². The SMILES string of the molecule is CCNC(=NCC1(N2CCCCC2)CCN(C)CC1)NC1CCN(C(=O)C2CCCC2)C1. The smallest absolute Gasteiger partial charge is 0.225 e. The summed E-state index contributed by atoms with van der Waals surface area (Å²) in [6, 6.07) is 0.307. The molecule has 1 atom stereocenters. The first kappa shape index (κ1) is 23.8. The fourth-order valence-corrected chi connectivity index (χ4v) is 6.23. The Balaban J connectivity index is 1.37. The summed E-state index contributed by atoms with van der Waals surface area (Å²) in [6.45, 7) is 10.4. The topological polar surface area (TPSA) is 63.2 Å². The molecular formula is C25H46N6O. The molecule has 7 nitrogen and oxygen atoms in total. The molecule has 4 aliphatic rings. The Hall–Kier alpha value is -1.34. The van der Waals surface area contributed by atoms with Crippen LogP contribution in [-0.4, -0.2) is 97.6 Å². The van der Waals surface area contributed by atoms with Crippen LogP contribution in [0.25, 0.3) is 0 Å². The molecule has 4 rings (SSSR count). The van der Waals surface area contributed by atoms with Crippen LogP contribution in [0.1, 0.15) is 71.1 Å². The van der Waals surface area contributed by atoms with Crippen LogP contribution in [0.4, 0.5) is 0 Å². The van der Waals surface area contributed by atoms with Crippen LogP contribution < -0.4 is 10.6 Å². The third-order valence-corrected chi connectivity index (χ3v) is 8.37. The molecule has 0 aromatic carbocycles. The number of piperidine rings is 2. The van der Waals surface area contributed by atoms with E-state index in [0.29, 0.717) is 11.9 Å². The molecule has 3 aliphatic heterocycles. The Labute approximate surface area is 195 Å². The minimum Gasteiger partial charge on any atom is -0.357 e. The van der Waals surface area contributed by atoms with Crippen molar-refractivity contribution in [2.45, 2.75) is 82.7 Å². The zero-order valence-electron chi connectivity index (χ0n) is 20.6. The Bertz CT molecular complexity index is 632. The van der Waals surface area contributed by atoms with Crippen molar-refractivity contribution in [2.75, 3.05) is 59.4 Å². The van der Waals surface area contributed by atoms with E-state index in [4.69, 9.17) is 4.99 Å². The molecule has 4 fully saturated rings. The van der Waals surface area contributed by atoms with E-state index < -0.39 is 0 Å². The van der Waals surface area contributed by atoms with E-state index in [1.807, 2.05) is 0 Å². The molecule has 0 radical (unpaired) electrons. The number of guanidine groups is 1. The number of carbonyl (C=O) groups excluding carboxylic acids is 1. The number of carbonyl (C=O) groups is 1. The normalized spacial score (nSPS) is 28.2. The summed E-state index contributed by atoms with van der Waals surface area (Å²) >= 11 is 0. The lowest BCUT2D eigenvalue weighted by molar-refractivity contribution is -0.134. The fourth-order valence-electron chi connectivity index (χ4n) is 6.23. The zero-order valence-corrected chi connectivity index (χ0v) is 20.6. The number of aliphatic imine (C=N–C) groups is 1. The van der Waals surface area contributed by atoms with Crippen LogP contribution in [0.5, 0.6) is 0 Å². The van der Waals surface area contributed by atoms with Gasteiger partial charge in [-0.05, 0) is 85.1 Å². The van der Waals surface area contributed by atoms with Gasteiger partial charge in [0, 0.05) is 37.1 Å². The molecule has 182 valence electrons. The predicted molar refractivity (Wildman–Crippen MR) is 131 cm³/mol. The molecule has 0 bridgehead atoms. The van der Waals surface area contributed by atoms with Crippen LogP contribution in [0, 0.1) is 5.92 Å². The molecule has 3 heterocycles. The second-order valence-corrected chi connectivity index (χ2v) is 10.7. The highest BCUT2D eigenvalue weighted by molar-refractivity contribution is 5.81. The standard InChI is InChI=1S/C25H46N6O/c1-3-26-24(28-22-11-16-30(19-22)23(32)21-9-5-6-10-21)27-20-25(12-17-29(2)18-13-25)31-14-7-4-8-15-31/h21-22H,3-20H2,1-2H3,(H2,26,27,28). The first-order valence-corrected chi connectivity index (χ1v) is 13.4. The largest absolute Gasteiger partial charge is 0.357 e. The Kier molecular flexibility index (Phi) is 8.32. The van der Waals surface area contributed by atoms with Crippen LogP contribution >= 0.6 is 0 Å². The zero-order chi connectivity index (χ0) is 22.4. The van der Waals surface area contributed by atoms with Gasteiger partial charge in [-0.3, -0.25) is 14.7 Å². The predicted octanol–water partition coefficient (Wildman–Crippen LogP) is 2.28. The average Bonchev–Trinajstić information content (AvgIpc) is 3.52. The summed E-state index contributed by atoms with van der Waals surface area (Å²) < 4.78 is 0. The van der Waals surface area contributed by atoms with Crippen molar-refractivity contribution in [1.29, 1.82) is 0 Å². The summed E-state index contributed by atoms with van der Waals surface area (Å²) in [4.78, 5) is 25.3. The van der Waals surface area contributed by atoms with Gasteiger partial charge in [-0.15, -0.1) is 0 Å². The van der Waals surface area contributed by atoms with E-state index in [9.17, 15) is 4.79 Å². The molecule has 1 aliphatic carbocycles. The van der Waals surface area contributed by atoms with E-state index in [1.165, 1.54) is 58.0 Å². The van der Waals surface area contributed by atoms with E-state index in [0.717, 1.165) is 64.5 Å². The lowest BCUT2D eigenvalue weighted by Gasteiger charge is -2.49. The summed E-state index contributed by atoms with van der Waals surface area (Å²) in [5.41, 5.74) is 0.204. The van der Waals surface area contributed by atoms with Crippen LogP contribution in [0.3, 0.4) is 0 Å². The van der Waals surface area contributed by atoms with Gasteiger partial charge in [0.15, 0.2) is 5.96 Å². The number of rotatable bonds is 6. The number of amides is 1. The van der Waals surface area contributed by atoms with Gasteiger partial charge in [0.25, 0.3) is 0 Å². The quantitative estimate of drug-likeness (QED) is 0.484. The van der Waals surface area contributed by atoms with Crippen molar-refractivity contribution in [2.24, 2.45) is 10.9 Å². The molecule has 7 heteroatoms. The van der Waals surface area contributed by atoms with Gasteiger partial charge in [-0.25, -0.2) is 0 Å². The third-order valence-electron chi connectivity index (χ3n) is 8.37. The lowest BCUT2D eigenvalue weighted by Crippen LogP contribution is -2.58. The van der Waals surface area contributed by atoms with E-state index in [-0.39, 0.29) is 11.5 Å². The van der Waals surface area contributed by atoms with E-state index >= 15 is 0 Å². The summed E-state index contributed by atoms with van der Waals surface area (Å²) in [5, 5.41) is 7.16. The maximum absolute atomic E-state index is 12.8. The average molecular weight is 447 g/mol. The Morgan fingerprint density at radius 1 is 0.969 bits per heavy atom. The minimum atomic E-state index is 0.204. The number of hydrogen-bond acceptors (Lipinski definition) is 4. The number of hydrogen-bond donors (Lipinski definition) is 2. The molecule has 0 spiro atoms. The molecule has 1 unspecified atom stereocenters. The van der Waals surface area contributed by atoms with Gasteiger partial charge in [-0.2, -0.15) is 0 Å². The molecule has 0 aromatic rings. The van der Waals surface area contributed by atoms with Crippen molar-refractivity contribution in [1.82, 2.24) is 25.3 Å². The van der Waals surface area contributed by atoms with E-state index in [1.54, 1.807) is 0 Å². The van der Waals surface area contributed by atoms with Gasteiger partial charge in [0.1, 0.15) is 0 Å². The van der Waals surface area contributed by atoms with Gasteiger partial charge >= 0.3 is 0 Å². The highest BCUT2D eigenvalue weighted by atomic mass is 16.2. The highest BCUT2D eigenvalue weighted by Gasteiger charge is 2.40. The molecule has 3 saturated heterocycles. The third kappa shape index (κ3) is 5.77. The summed E-state index contributed by atoms with van der Waals surface area (Å²) in [7, 11) is 2.24. The van der Waals surface area contributed by atoms with Crippen molar-refractivity contribution < 1.29 is 4.79 Å². The first-order valence-electron chi connectivity index (χ1n) is 13.4. The highest BCUT2D eigenvalue weighted by Crippen LogP contribution is 2.32. The molecule has 2 N–H and O–H groups in total. The second kappa shape index (κ2) is 11.2. The molecular weight excluding hydrogens is 400 g/mol. The maximum atomic E-state index is 12.8. The van der Waals surface area contributed by atoms with Crippen molar-refractivity contribution in [3.8, 4) is 0 Å². The van der Waals surface area contributed by atoms with Crippen LogP contribution in [0.2, 0.25) is 0 Å². The van der Waals surface area contributed by atoms with Crippen molar-refractivity contribution in [3.05, 3.63) is 0 Å². The monoisotopic (exact) mass is 446 g/mol. The Morgan fingerprint density at radius 3 is 2.38 bits per heavy atom. The van der Waals surface area contributed by atoms with E-state index in [2.05, 4.69) is 39.3 Å². The van der Waals surface area contributed by atoms with Gasteiger partial charge in [-0.1, -0.05) is 19.3 Å². The Morgan fingerprint density at radius 2 is 1.69 bits per heavy atom. The van der Waals surface area contributed by atoms with Crippen molar-refractivity contribution >= 4 is 11.9 Å². The maximum Gasteiger partial charge on any atom is 0.225 e. The molecule has 0 aromatic heterocycles. The number of likely N-dealkylation sites (tertiary alicyclic amines) is 3. The molecule has 1 saturated carbocycles. The molecule has 1 amide bonds. The minimum absolute atomic E-state index is 0.204. The summed E-state index contributed by atoms with van der Waals surface area (Å²) in [5.74, 6) is 1.61. The van der Waals surface area contributed by atoms with Gasteiger partial charge in [0.2, 0.25) is 5.91 Å². The lowest BCUT2D eigenvalue weighted by atomic mass is 9.84. The number of nitrogens with one attached hydrogen (secondary N) is 2. The fraction of sp³-hybridized carbons (Fsp3) is 0.920. The molecule has 32 heavy (non-hydrogen) atoms. The summed E-state index contributed by atoms with van der Waals surface area (Å²) in [6.07, 6.45) is 12.1. The van der Waals surface area contributed by atoms with Crippen LogP contribution in [0.15, 0.2) is 4.99 Å². The van der Waals surface area contributed by atoms with Gasteiger partial charge < -0.3 is 20.4 Å². The second-order valence-electron chi connectivity index (χ2n) is 10.7.